The van der Waals surface area contributed by atoms with E-state index in [0.29, 0.717) is 11.1 Å². The van der Waals surface area contributed by atoms with Crippen molar-refractivity contribution in [1.29, 1.82) is 0 Å². The van der Waals surface area contributed by atoms with Gasteiger partial charge in [0.2, 0.25) is 10.0 Å². The fraction of sp³-hybridized carbons (Fsp3) is 0.533. The summed E-state index contributed by atoms with van der Waals surface area (Å²) < 4.78 is 26.8. The van der Waals surface area contributed by atoms with E-state index < -0.39 is 21.9 Å². The smallest absolute Gasteiger partial charge is 0.307 e. The Morgan fingerprint density at radius 2 is 1.71 bits per heavy atom. The van der Waals surface area contributed by atoms with Crippen molar-refractivity contribution >= 4 is 16.0 Å². The van der Waals surface area contributed by atoms with Crippen LogP contribution in [0.3, 0.4) is 0 Å². The summed E-state index contributed by atoms with van der Waals surface area (Å²) >= 11 is 0. The Kier molecular flexibility index (Phi) is 5.53. The predicted molar refractivity (Wildman–Crippen MR) is 81.9 cm³/mol. The van der Waals surface area contributed by atoms with Gasteiger partial charge in [-0.05, 0) is 31.9 Å². The Morgan fingerprint density at radius 1 is 1.24 bits per heavy atom. The summed E-state index contributed by atoms with van der Waals surface area (Å²) in [7, 11) is -3.69. The van der Waals surface area contributed by atoms with Gasteiger partial charge in [-0.15, -0.1) is 0 Å². The van der Waals surface area contributed by atoms with Crippen LogP contribution in [-0.4, -0.2) is 36.9 Å². The minimum atomic E-state index is -3.69. The number of aliphatic carboxylic acids is 1. The first-order valence-corrected chi connectivity index (χ1v) is 8.36. The van der Waals surface area contributed by atoms with Crippen LogP contribution in [0.5, 0.6) is 0 Å². The zero-order chi connectivity index (χ0) is 16.4. The molecule has 1 aromatic carbocycles. The Balaban J connectivity index is 3.29. The van der Waals surface area contributed by atoms with Crippen molar-refractivity contribution in [3.63, 3.8) is 0 Å². The van der Waals surface area contributed by atoms with Gasteiger partial charge in [0.1, 0.15) is 0 Å². The van der Waals surface area contributed by atoms with E-state index in [2.05, 4.69) is 0 Å². The van der Waals surface area contributed by atoms with E-state index in [1.165, 1.54) is 11.2 Å². The molecule has 1 unspecified atom stereocenters. The van der Waals surface area contributed by atoms with Crippen molar-refractivity contribution in [1.82, 2.24) is 4.31 Å². The third-order valence-corrected chi connectivity index (χ3v) is 5.70. The lowest BCUT2D eigenvalue weighted by Gasteiger charge is -2.24. The van der Waals surface area contributed by atoms with Gasteiger partial charge in [0, 0.05) is 13.1 Å². The molecule has 0 aliphatic carbocycles. The van der Waals surface area contributed by atoms with Gasteiger partial charge in [0.25, 0.3) is 0 Å². The van der Waals surface area contributed by atoms with Gasteiger partial charge in [-0.3, -0.25) is 4.79 Å². The molecule has 0 saturated heterocycles. The highest BCUT2D eigenvalue weighted by Crippen LogP contribution is 2.25. The largest absolute Gasteiger partial charge is 0.481 e. The van der Waals surface area contributed by atoms with Gasteiger partial charge >= 0.3 is 5.97 Å². The number of rotatable bonds is 6. The maximum atomic E-state index is 12.8. The van der Waals surface area contributed by atoms with Crippen molar-refractivity contribution in [2.45, 2.75) is 39.5 Å². The minimum Gasteiger partial charge on any atom is -0.481 e. The molecular weight excluding hydrogens is 290 g/mol. The van der Waals surface area contributed by atoms with Crippen molar-refractivity contribution in [2.75, 3.05) is 13.1 Å². The summed E-state index contributed by atoms with van der Waals surface area (Å²) in [6.07, 6.45) is 0. The standard InChI is InChI=1S/C15H23NO4S/c1-6-16(9-13(5)15(17)18)21(19,20)14-11(3)7-10(2)8-12(14)4/h7-8,13H,6,9H2,1-5H3,(H,17,18). The molecule has 0 radical (unpaired) electrons. The molecule has 118 valence electrons. The first kappa shape index (κ1) is 17.7. The minimum absolute atomic E-state index is 0.0269. The lowest BCUT2D eigenvalue weighted by atomic mass is 10.1. The maximum absolute atomic E-state index is 12.8. The summed E-state index contributed by atoms with van der Waals surface area (Å²) in [5.74, 6) is -1.74. The van der Waals surface area contributed by atoms with Crippen LogP contribution in [0.15, 0.2) is 17.0 Å². The van der Waals surface area contributed by atoms with E-state index >= 15 is 0 Å². The molecule has 5 nitrogen and oxygen atoms in total. The monoisotopic (exact) mass is 313 g/mol. The van der Waals surface area contributed by atoms with Gasteiger partial charge in [-0.25, -0.2) is 8.42 Å². The van der Waals surface area contributed by atoms with E-state index in [4.69, 9.17) is 5.11 Å². The fourth-order valence-corrected chi connectivity index (χ4v) is 4.43. The molecule has 1 aromatic rings. The summed E-state index contributed by atoms with van der Waals surface area (Å²) in [4.78, 5) is 11.3. The third kappa shape index (κ3) is 3.83. The van der Waals surface area contributed by atoms with E-state index in [-0.39, 0.29) is 18.0 Å². The van der Waals surface area contributed by atoms with Crippen LogP contribution in [-0.2, 0) is 14.8 Å². The number of hydrogen-bond acceptors (Lipinski definition) is 3. The SMILES string of the molecule is CCN(CC(C)C(=O)O)S(=O)(=O)c1c(C)cc(C)cc1C. The van der Waals surface area contributed by atoms with E-state index in [0.717, 1.165) is 5.56 Å². The molecule has 21 heavy (non-hydrogen) atoms. The van der Waals surface area contributed by atoms with Crippen molar-refractivity contribution < 1.29 is 18.3 Å². The molecule has 0 bridgehead atoms. The molecule has 1 atom stereocenters. The lowest BCUT2D eigenvalue weighted by molar-refractivity contribution is -0.141. The molecule has 1 N–H and O–H groups in total. The predicted octanol–water partition coefficient (Wildman–Crippen LogP) is 2.34. The first-order chi connectivity index (χ1) is 9.61. The number of benzene rings is 1. The van der Waals surface area contributed by atoms with Gasteiger partial charge in [0.05, 0.1) is 10.8 Å². The second-order valence-electron chi connectivity index (χ2n) is 5.42. The zero-order valence-electron chi connectivity index (χ0n) is 13.2. The van der Waals surface area contributed by atoms with E-state index in [1.54, 1.807) is 20.8 Å². The quantitative estimate of drug-likeness (QED) is 0.874. The van der Waals surface area contributed by atoms with Crippen LogP contribution < -0.4 is 0 Å². The normalized spacial score (nSPS) is 13.4. The van der Waals surface area contributed by atoms with E-state index in [1.807, 2.05) is 19.1 Å². The number of nitrogens with zero attached hydrogens (tertiary/aromatic N) is 1. The fourth-order valence-electron chi connectivity index (χ4n) is 2.48. The first-order valence-electron chi connectivity index (χ1n) is 6.92. The van der Waals surface area contributed by atoms with Gasteiger partial charge in [-0.2, -0.15) is 4.31 Å². The highest BCUT2D eigenvalue weighted by Gasteiger charge is 2.29. The van der Waals surface area contributed by atoms with Crippen LogP contribution in [0.4, 0.5) is 0 Å². The summed E-state index contributed by atoms with van der Waals surface area (Å²) in [6.45, 7) is 8.89. The average Bonchev–Trinajstić information content (AvgIpc) is 2.33. The lowest BCUT2D eigenvalue weighted by Crippen LogP contribution is -2.37. The number of carbonyl (C=O) groups is 1. The average molecular weight is 313 g/mol. The molecule has 0 fully saturated rings. The zero-order valence-corrected chi connectivity index (χ0v) is 14.0. The van der Waals surface area contributed by atoms with Crippen LogP contribution in [0.25, 0.3) is 0 Å². The van der Waals surface area contributed by atoms with Crippen molar-refractivity contribution in [3.8, 4) is 0 Å². The van der Waals surface area contributed by atoms with Crippen molar-refractivity contribution in [2.24, 2.45) is 5.92 Å². The van der Waals surface area contributed by atoms with Crippen LogP contribution >= 0.6 is 0 Å². The maximum Gasteiger partial charge on any atom is 0.307 e. The second-order valence-corrected chi connectivity index (χ2v) is 7.30. The Labute approximate surface area is 126 Å². The Morgan fingerprint density at radius 3 is 2.10 bits per heavy atom. The number of carboxylic acids is 1. The number of hydrogen-bond donors (Lipinski definition) is 1. The summed E-state index contributed by atoms with van der Waals surface area (Å²) in [5, 5.41) is 8.99. The topological polar surface area (TPSA) is 74.7 Å². The summed E-state index contributed by atoms with van der Waals surface area (Å²) in [6, 6.07) is 3.66. The highest BCUT2D eigenvalue weighted by molar-refractivity contribution is 7.89. The van der Waals surface area contributed by atoms with Gasteiger partial charge in [0.15, 0.2) is 0 Å². The second kappa shape index (κ2) is 6.58. The third-order valence-electron chi connectivity index (χ3n) is 3.45. The molecule has 0 aromatic heterocycles. The number of carboxylic acid groups (broad SMARTS) is 1. The molecule has 0 amide bonds. The Bertz CT molecular complexity index is 614. The molecule has 0 heterocycles. The molecule has 6 heteroatoms. The molecule has 0 saturated carbocycles. The number of sulfonamides is 1. The van der Waals surface area contributed by atoms with Crippen LogP contribution in [0.2, 0.25) is 0 Å². The van der Waals surface area contributed by atoms with E-state index in [9.17, 15) is 13.2 Å². The number of aryl methyl sites for hydroxylation is 3. The molecular formula is C15H23NO4S. The van der Waals surface area contributed by atoms with Crippen LogP contribution in [0.1, 0.15) is 30.5 Å². The summed E-state index contributed by atoms with van der Waals surface area (Å²) in [5.41, 5.74) is 2.38. The molecule has 0 aliphatic rings. The Hall–Kier alpha value is -1.40. The van der Waals surface area contributed by atoms with Gasteiger partial charge < -0.3 is 5.11 Å². The van der Waals surface area contributed by atoms with Crippen LogP contribution in [0, 0.1) is 26.7 Å². The molecule has 1 rings (SSSR count). The molecule has 0 spiro atoms. The highest BCUT2D eigenvalue weighted by atomic mass is 32.2. The van der Waals surface area contributed by atoms with Crippen molar-refractivity contribution in [3.05, 3.63) is 28.8 Å². The molecule has 0 aliphatic heterocycles. The van der Waals surface area contributed by atoms with Gasteiger partial charge in [-0.1, -0.05) is 31.5 Å².